The van der Waals surface area contributed by atoms with Crippen molar-refractivity contribution < 1.29 is 9.90 Å². The summed E-state index contributed by atoms with van der Waals surface area (Å²) in [4.78, 5) is 11.5. The molecule has 1 rings (SSSR count). The first kappa shape index (κ1) is 8.23. The summed E-state index contributed by atoms with van der Waals surface area (Å²) in [5, 5.41) is 13.2. The van der Waals surface area contributed by atoms with Crippen molar-refractivity contribution in [2.45, 2.75) is 6.54 Å². The van der Waals surface area contributed by atoms with Gasteiger partial charge in [0.2, 0.25) is 0 Å². The summed E-state index contributed by atoms with van der Waals surface area (Å²) in [6.07, 6.45) is 0. The minimum atomic E-state index is -0.858. The molecular weight excluding hydrogens is 162 g/mol. The quantitative estimate of drug-likeness (QED) is 0.717. The summed E-state index contributed by atoms with van der Waals surface area (Å²) in [7, 11) is 1.83. The summed E-state index contributed by atoms with van der Waals surface area (Å²) < 4.78 is 0. The van der Waals surface area contributed by atoms with E-state index in [9.17, 15) is 4.79 Å². The maximum absolute atomic E-state index is 10.4. The number of rotatable bonds is 3. The lowest BCUT2D eigenvalue weighted by molar-refractivity contribution is 0.0697. The van der Waals surface area contributed by atoms with Crippen molar-refractivity contribution in [3.8, 4) is 0 Å². The molecule has 0 spiro atoms. The highest BCUT2D eigenvalue weighted by atomic mass is 32.1. The van der Waals surface area contributed by atoms with Crippen LogP contribution < -0.4 is 5.32 Å². The van der Waals surface area contributed by atoms with Gasteiger partial charge in [-0.25, -0.2) is 4.79 Å². The molecule has 0 atom stereocenters. The van der Waals surface area contributed by atoms with Crippen molar-refractivity contribution in [1.82, 2.24) is 5.32 Å². The predicted molar refractivity (Wildman–Crippen MR) is 44.0 cm³/mol. The summed E-state index contributed by atoms with van der Waals surface area (Å²) in [6, 6.07) is 1.68. The molecule has 0 fully saturated rings. The van der Waals surface area contributed by atoms with Crippen molar-refractivity contribution in [2.24, 2.45) is 0 Å². The number of hydrogen-bond acceptors (Lipinski definition) is 3. The van der Waals surface area contributed by atoms with Gasteiger partial charge in [-0.1, -0.05) is 0 Å². The van der Waals surface area contributed by atoms with E-state index in [0.29, 0.717) is 5.56 Å². The fourth-order valence-corrected chi connectivity index (χ4v) is 1.63. The molecule has 1 heterocycles. The smallest absolute Gasteiger partial charge is 0.336 e. The third kappa shape index (κ3) is 2.03. The first-order valence-corrected chi connectivity index (χ1v) is 4.07. The lowest BCUT2D eigenvalue weighted by atomic mass is 10.3. The Morgan fingerprint density at radius 2 is 2.55 bits per heavy atom. The zero-order valence-electron chi connectivity index (χ0n) is 6.13. The minimum Gasteiger partial charge on any atom is -0.478 e. The van der Waals surface area contributed by atoms with E-state index in [0.717, 1.165) is 11.4 Å². The predicted octanol–water partition coefficient (Wildman–Crippen LogP) is 1.17. The molecule has 0 saturated carbocycles. The average molecular weight is 171 g/mol. The van der Waals surface area contributed by atoms with Gasteiger partial charge in [0.25, 0.3) is 0 Å². The fourth-order valence-electron chi connectivity index (χ4n) is 0.760. The second kappa shape index (κ2) is 3.50. The van der Waals surface area contributed by atoms with Crippen molar-refractivity contribution in [1.29, 1.82) is 0 Å². The Hall–Kier alpha value is -0.870. The zero-order valence-corrected chi connectivity index (χ0v) is 6.94. The first-order chi connectivity index (χ1) is 5.24. The van der Waals surface area contributed by atoms with Crippen LogP contribution in [-0.2, 0) is 6.54 Å². The molecule has 0 radical (unpaired) electrons. The number of hydrogen-bond donors (Lipinski definition) is 2. The van der Waals surface area contributed by atoms with Crippen molar-refractivity contribution in [2.75, 3.05) is 7.05 Å². The molecule has 0 aliphatic carbocycles. The molecule has 0 aromatic carbocycles. The lowest BCUT2D eigenvalue weighted by Crippen LogP contribution is -2.03. The first-order valence-electron chi connectivity index (χ1n) is 3.19. The Morgan fingerprint density at radius 1 is 1.82 bits per heavy atom. The van der Waals surface area contributed by atoms with Crippen molar-refractivity contribution in [3.63, 3.8) is 0 Å². The van der Waals surface area contributed by atoms with Crippen LogP contribution >= 0.6 is 11.3 Å². The normalized spacial score (nSPS) is 9.91. The van der Waals surface area contributed by atoms with Crippen LogP contribution in [0.4, 0.5) is 0 Å². The Labute approximate surface area is 68.7 Å². The van der Waals surface area contributed by atoms with E-state index in [2.05, 4.69) is 5.32 Å². The van der Waals surface area contributed by atoms with Crippen molar-refractivity contribution in [3.05, 3.63) is 21.9 Å². The van der Waals surface area contributed by atoms with Crippen LogP contribution in [0, 0.1) is 0 Å². The maximum Gasteiger partial charge on any atom is 0.336 e. The van der Waals surface area contributed by atoms with Gasteiger partial charge in [0, 0.05) is 16.8 Å². The number of thiophene rings is 1. The van der Waals surface area contributed by atoms with E-state index >= 15 is 0 Å². The van der Waals surface area contributed by atoms with Gasteiger partial charge < -0.3 is 10.4 Å². The van der Waals surface area contributed by atoms with Crippen LogP contribution in [0.2, 0.25) is 0 Å². The van der Waals surface area contributed by atoms with Gasteiger partial charge in [-0.05, 0) is 13.1 Å². The highest BCUT2D eigenvalue weighted by molar-refractivity contribution is 7.10. The molecule has 2 N–H and O–H groups in total. The molecule has 0 aliphatic rings. The van der Waals surface area contributed by atoms with Gasteiger partial charge in [0.1, 0.15) is 0 Å². The van der Waals surface area contributed by atoms with Crippen LogP contribution in [0.3, 0.4) is 0 Å². The van der Waals surface area contributed by atoms with E-state index in [1.807, 2.05) is 7.05 Å². The van der Waals surface area contributed by atoms with Crippen molar-refractivity contribution >= 4 is 17.3 Å². The topological polar surface area (TPSA) is 49.3 Å². The van der Waals surface area contributed by atoms with Gasteiger partial charge in [-0.15, -0.1) is 11.3 Å². The molecule has 1 aromatic heterocycles. The molecule has 0 aliphatic heterocycles. The fraction of sp³-hybridized carbons (Fsp3) is 0.286. The standard InChI is InChI=1S/C7H9NO2S/c1-8-3-6-2-5(4-11-6)7(9)10/h2,4,8H,3H2,1H3,(H,9,10). The Morgan fingerprint density at radius 3 is 3.00 bits per heavy atom. The summed E-state index contributed by atoms with van der Waals surface area (Å²) >= 11 is 1.46. The average Bonchev–Trinajstić information content (AvgIpc) is 2.37. The van der Waals surface area contributed by atoms with Crippen LogP contribution in [-0.4, -0.2) is 18.1 Å². The van der Waals surface area contributed by atoms with Crippen LogP contribution in [0.25, 0.3) is 0 Å². The molecule has 0 saturated heterocycles. The van der Waals surface area contributed by atoms with Crippen LogP contribution in [0.5, 0.6) is 0 Å². The molecular formula is C7H9NO2S. The van der Waals surface area contributed by atoms with Gasteiger partial charge >= 0.3 is 5.97 Å². The Bertz CT molecular complexity index is 257. The number of nitrogens with one attached hydrogen (secondary N) is 1. The van der Waals surface area contributed by atoms with Crippen LogP contribution in [0.15, 0.2) is 11.4 Å². The van der Waals surface area contributed by atoms with Gasteiger partial charge in [0.15, 0.2) is 0 Å². The van der Waals surface area contributed by atoms with E-state index in [1.165, 1.54) is 11.3 Å². The van der Waals surface area contributed by atoms with E-state index < -0.39 is 5.97 Å². The van der Waals surface area contributed by atoms with Gasteiger partial charge in [0.05, 0.1) is 5.56 Å². The van der Waals surface area contributed by atoms with E-state index in [4.69, 9.17) is 5.11 Å². The molecule has 0 unspecified atom stereocenters. The summed E-state index contributed by atoms with van der Waals surface area (Å²) in [5.74, 6) is -0.858. The summed E-state index contributed by atoms with van der Waals surface area (Å²) in [5.41, 5.74) is 0.375. The second-order valence-electron chi connectivity index (χ2n) is 2.14. The molecule has 11 heavy (non-hydrogen) atoms. The molecule has 4 heteroatoms. The Balaban J connectivity index is 2.73. The largest absolute Gasteiger partial charge is 0.478 e. The molecule has 0 amide bonds. The second-order valence-corrected chi connectivity index (χ2v) is 3.13. The number of aromatic carboxylic acids is 1. The van der Waals surface area contributed by atoms with Gasteiger partial charge in [-0.3, -0.25) is 0 Å². The Kier molecular flexibility index (Phi) is 2.62. The molecule has 0 bridgehead atoms. The SMILES string of the molecule is CNCc1cc(C(=O)O)cs1. The minimum absolute atomic E-state index is 0.375. The molecule has 1 aromatic rings. The van der Waals surface area contributed by atoms with E-state index in [1.54, 1.807) is 11.4 Å². The number of carboxylic acids is 1. The molecule has 3 nitrogen and oxygen atoms in total. The van der Waals surface area contributed by atoms with Crippen LogP contribution in [0.1, 0.15) is 15.2 Å². The van der Waals surface area contributed by atoms with Gasteiger partial charge in [-0.2, -0.15) is 0 Å². The third-order valence-corrected chi connectivity index (χ3v) is 2.19. The third-order valence-electron chi connectivity index (χ3n) is 1.25. The molecule has 60 valence electrons. The zero-order chi connectivity index (χ0) is 8.27. The number of carboxylic acid groups (broad SMARTS) is 1. The highest BCUT2D eigenvalue weighted by Crippen LogP contribution is 2.13. The highest BCUT2D eigenvalue weighted by Gasteiger charge is 2.04. The van der Waals surface area contributed by atoms with E-state index in [-0.39, 0.29) is 0 Å². The maximum atomic E-state index is 10.4. The number of carbonyl (C=O) groups is 1. The monoisotopic (exact) mass is 171 g/mol. The summed E-state index contributed by atoms with van der Waals surface area (Å²) in [6.45, 7) is 0.734. The lowest BCUT2D eigenvalue weighted by Gasteiger charge is -1.90.